The van der Waals surface area contributed by atoms with Crippen LogP contribution in [0.15, 0.2) is 16.8 Å². The molecule has 20 heavy (non-hydrogen) atoms. The molecule has 2 saturated heterocycles. The van der Waals surface area contributed by atoms with Crippen molar-refractivity contribution >= 4 is 23.2 Å². The molecule has 0 radical (unpaired) electrons. The van der Waals surface area contributed by atoms with E-state index in [-0.39, 0.29) is 17.7 Å². The van der Waals surface area contributed by atoms with Crippen molar-refractivity contribution in [1.82, 2.24) is 9.80 Å². The Morgan fingerprint density at radius 2 is 2.15 bits per heavy atom. The molecular formula is C15H18N2O2S. The van der Waals surface area contributed by atoms with E-state index >= 15 is 0 Å². The Labute approximate surface area is 122 Å². The minimum atomic E-state index is 0.0522. The number of hydrogen-bond acceptors (Lipinski definition) is 3. The predicted octanol–water partition coefficient (Wildman–Crippen LogP) is 1.69. The standard InChI is InChI=1S/C15H18N2O2S/c18-14(11-3-4-20-9-11)17-7-12-6-16(5-10-1-2-10)15(19)13(12)8-17/h3-4,9-10,12-13H,1-2,5-8H2/t12-,13+/m0/s1. The lowest BCUT2D eigenvalue weighted by molar-refractivity contribution is -0.131. The lowest BCUT2D eigenvalue weighted by Gasteiger charge is -2.21. The lowest BCUT2D eigenvalue weighted by Crippen LogP contribution is -2.36. The third-order valence-electron chi connectivity index (χ3n) is 4.76. The number of fused-ring (bicyclic) bond motifs is 1. The van der Waals surface area contributed by atoms with Gasteiger partial charge in [0.15, 0.2) is 0 Å². The summed E-state index contributed by atoms with van der Waals surface area (Å²) >= 11 is 1.54. The Morgan fingerprint density at radius 3 is 2.80 bits per heavy atom. The normalized spacial score (nSPS) is 29.1. The summed E-state index contributed by atoms with van der Waals surface area (Å²) in [5.74, 6) is 1.52. The summed E-state index contributed by atoms with van der Waals surface area (Å²) in [5, 5.41) is 3.81. The first-order chi connectivity index (χ1) is 9.72. The van der Waals surface area contributed by atoms with Crippen LogP contribution >= 0.6 is 11.3 Å². The van der Waals surface area contributed by atoms with Crippen LogP contribution in [0.4, 0.5) is 0 Å². The highest BCUT2D eigenvalue weighted by molar-refractivity contribution is 7.08. The number of hydrogen-bond donors (Lipinski definition) is 0. The Balaban J connectivity index is 1.42. The van der Waals surface area contributed by atoms with E-state index < -0.39 is 0 Å². The molecule has 5 heteroatoms. The average Bonchev–Trinajstić information content (AvgIpc) is 2.89. The number of rotatable bonds is 3. The van der Waals surface area contributed by atoms with Crippen molar-refractivity contribution in [2.24, 2.45) is 17.8 Å². The fourth-order valence-corrected chi connectivity index (χ4v) is 4.08. The zero-order valence-corrected chi connectivity index (χ0v) is 12.1. The summed E-state index contributed by atoms with van der Waals surface area (Å²) in [6.45, 7) is 3.16. The highest BCUT2D eigenvalue weighted by atomic mass is 32.1. The Morgan fingerprint density at radius 1 is 1.30 bits per heavy atom. The van der Waals surface area contributed by atoms with Gasteiger partial charge in [0.05, 0.1) is 11.5 Å². The van der Waals surface area contributed by atoms with Gasteiger partial charge in [0.2, 0.25) is 5.91 Å². The molecule has 106 valence electrons. The monoisotopic (exact) mass is 290 g/mol. The molecule has 1 aromatic heterocycles. The van der Waals surface area contributed by atoms with E-state index in [1.807, 2.05) is 26.6 Å². The number of carbonyl (C=O) groups excluding carboxylic acids is 2. The van der Waals surface area contributed by atoms with Crippen LogP contribution in [0.25, 0.3) is 0 Å². The molecule has 2 aliphatic heterocycles. The molecule has 0 spiro atoms. The molecule has 0 unspecified atom stereocenters. The van der Waals surface area contributed by atoms with Crippen LogP contribution in [-0.2, 0) is 4.79 Å². The molecule has 0 aromatic carbocycles. The van der Waals surface area contributed by atoms with E-state index in [0.717, 1.165) is 31.1 Å². The van der Waals surface area contributed by atoms with E-state index in [1.54, 1.807) is 11.3 Å². The van der Waals surface area contributed by atoms with Crippen molar-refractivity contribution in [2.45, 2.75) is 12.8 Å². The summed E-state index contributed by atoms with van der Waals surface area (Å²) < 4.78 is 0. The van der Waals surface area contributed by atoms with Crippen molar-refractivity contribution in [1.29, 1.82) is 0 Å². The Bertz CT molecular complexity index is 538. The van der Waals surface area contributed by atoms with E-state index in [9.17, 15) is 9.59 Å². The zero-order chi connectivity index (χ0) is 13.7. The van der Waals surface area contributed by atoms with Crippen LogP contribution in [0.1, 0.15) is 23.2 Å². The molecule has 2 amide bonds. The molecule has 0 bridgehead atoms. The first-order valence-corrected chi connectivity index (χ1v) is 8.27. The van der Waals surface area contributed by atoms with Crippen LogP contribution in [0.2, 0.25) is 0 Å². The van der Waals surface area contributed by atoms with Gasteiger partial charge in [-0.1, -0.05) is 0 Å². The van der Waals surface area contributed by atoms with Gasteiger partial charge in [-0.3, -0.25) is 9.59 Å². The topological polar surface area (TPSA) is 40.6 Å². The summed E-state index contributed by atoms with van der Waals surface area (Å²) in [6.07, 6.45) is 2.56. The third-order valence-corrected chi connectivity index (χ3v) is 5.44. The maximum Gasteiger partial charge on any atom is 0.254 e. The van der Waals surface area contributed by atoms with Crippen LogP contribution < -0.4 is 0 Å². The van der Waals surface area contributed by atoms with Gasteiger partial charge in [-0.15, -0.1) is 0 Å². The summed E-state index contributed by atoms with van der Waals surface area (Å²) in [5.41, 5.74) is 0.761. The Hall–Kier alpha value is -1.36. The number of amides is 2. The fourth-order valence-electron chi connectivity index (χ4n) is 3.45. The fraction of sp³-hybridized carbons (Fsp3) is 0.600. The SMILES string of the molecule is O=C(c1ccsc1)N1C[C@@H]2CN(CC3CC3)C(=O)[C@@H]2C1. The smallest absolute Gasteiger partial charge is 0.254 e. The van der Waals surface area contributed by atoms with Crippen molar-refractivity contribution in [3.8, 4) is 0 Å². The molecule has 3 aliphatic rings. The predicted molar refractivity (Wildman–Crippen MR) is 76.5 cm³/mol. The second-order valence-corrected chi connectivity index (χ2v) is 7.06. The average molecular weight is 290 g/mol. The number of nitrogens with zero attached hydrogens (tertiary/aromatic N) is 2. The van der Waals surface area contributed by atoms with E-state index in [1.165, 1.54) is 12.8 Å². The number of thiophene rings is 1. The quantitative estimate of drug-likeness (QED) is 0.850. The zero-order valence-electron chi connectivity index (χ0n) is 11.3. The summed E-state index contributed by atoms with van der Waals surface area (Å²) in [7, 11) is 0. The minimum Gasteiger partial charge on any atom is -0.342 e. The van der Waals surface area contributed by atoms with E-state index in [2.05, 4.69) is 0 Å². The molecule has 1 aliphatic carbocycles. The van der Waals surface area contributed by atoms with Crippen molar-refractivity contribution < 1.29 is 9.59 Å². The first-order valence-electron chi connectivity index (χ1n) is 7.32. The lowest BCUT2D eigenvalue weighted by atomic mass is 10.0. The highest BCUT2D eigenvalue weighted by Crippen LogP contribution is 2.37. The summed E-state index contributed by atoms with van der Waals surface area (Å²) in [4.78, 5) is 28.6. The minimum absolute atomic E-state index is 0.0522. The first kappa shape index (κ1) is 12.4. The maximum absolute atomic E-state index is 12.4. The van der Waals surface area contributed by atoms with Gasteiger partial charge >= 0.3 is 0 Å². The third kappa shape index (κ3) is 2.04. The van der Waals surface area contributed by atoms with Gasteiger partial charge in [-0.25, -0.2) is 0 Å². The number of likely N-dealkylation sites (tertiary alicyclic amines) is 2. The van der Waals surface area contributed by atoms with Crippen LogP contribution in [0, 0.1) is 17.8 Å². The van der Waals surface area contributed by atoms with Gasteiger partial charge in [0.25, 0.3) is 5.91 Å². The van der Waals surface area contributed by atoms with Gasteiger partial charge in [0.1, 0.15) is 0 Å². The van der Waals surface area contributed by atoms with Gasteiger partial charge in [-0.05, 0) is 30.2 Å². The van der Waals surface area contributed by atoms with Gasteiger partial charge < -0.3 is 9.80 Å². The van der Waals surface area contributed by atoms with Gasteiger partial charge in [0, 0.05) is 37.5 Å². The van der Waals surface area contributed by atoms with Crippen LogP contribution in [-0.4, -0.2) is 47.8 Å². The molecular weight excluding hydrogens is 272 g/mol. The molecule has 0 N–H and O–H groups in total. The van der Waals surface area contributed by atoms with E-state index in [0.29, 0.717) is 12.5 Å². The molecule has 3 heterocycles. The van der Waals surface area contributed by atoms with Crippen molar-refractivity contribution in [3.63, 3.8) is 0 Å². The Kier molecular flexibility index (Phi) is 2.84. The molecule has 4 rings (SSSR count). The highest BCUT2D eigenvalue weighted by Gasteiger charge is 2.48. The molecule has 1 saturated carbocycles. The maximum atomic E-state index is 12.4. The van der Waals surface area contributed by atoms with Gasteiger partial charge in [-0.2, -0.15) is 11.3 Å². The van der Waals surface area contributed by atoms with Crippen molar-refractivity contribution in [2.75, 3.05) is 26.2 Å². The van der Waals surface area contributed by atoms with E-state index in [4.69, 9.17) is 0 Å². The number of carbonyl (C=O) groups is 2. The van der Waals surface area contributed by atoms with Crippen LogP contribution in [0.3, 0.4) is 0 Å². The second-order valence-electron chi connectivity index (χ2n) is 6.28. The molecule has 3 fully saturated rings. The van der Waals surface area contributed by atoms with Crippen LogP contribution in [0.5, 0.6) is 0 Å². The second kappa shape index (κ2) is 4.58. The molecule has 1 aromatic rings. The molecule has 2 atom stereocenters. The summed E-state index contributed by atoms with van der Waals surface area (Å²) in [6, 6.07) is 1.86. The molecule has 4 nitrogen and oxygen atoms in total. The van der Waals surface area contributed by atoms with Crippen molar-refractivity contribution in [3.05, 3.63) is 22.4 Å². The largest absolute Gasteiger partial charge is 0.342 e.